The van der Waals surface area contributed by atoms with E-state index >= 15 is 0 Å². The summed E-state index contributed by atoms with van der Waals surface area (Å²) in [4.78, 5) is 12.7. The van der Waals surface area contributed by atoms with E-state index in [-0.39, 0.29) is 5.02 Å². The van der Waals surface area contributed by atoms with Gasteiger partial charge in [-0.05, 0) is 30.3 Å². The fraction of sp³-hybridized carbons (Fsp3) is 0.118. The number of alkyl halides is 3. The lowest BCUT2D eigenvalue weighted by Crippen LogP contribution is -2.17. The average molecular weight is 396 g/mol. The van der Waals surface area contributed by atoms with E-state index in [0.717, 1.165) is 11.6 Å². The van der Waals surface area contributed by atoms with Gasteiger partial charge in [-0.15, -0.1) is 13.2 Å². The molecule has 0 saturated heterocycles. The van der Waals surface area contributed by atoms with Crippen molar-refractivity contribution in [1.82, 2.24) is 15.0 Å². The number of ether oxygens (including phenoxy) is 1. The number of hydrogen-bond acceptors (Lipinski definition) is 6. The van der Waals surface area contributed by atoms with Gasteiger partial charge >= 0.3 is 6.36 Å². The molecule has 0 aliphatic heterocycles. The number of hydrogen-bond donors (Lipinski definition) is 2. The predicted octanol–water partition coefficient (Wildman–Crippen LogP) is 4.88. The Morgan fingerprint density at radius 2 is 1.93 bits per heavy atom. The molecule has 0 amide bonds. The molecular formula is C17H13ClF3N5O. The van der Waals surface area contributed by atoms with Gasteiger partial charge in [0.1, 0.15) is 11.6 Å². The van der Waals surface area contributed by atoms with Crippen LogP contribution in [0.25, 0.3) is 11.3 Å². The minimum Gasteiger partial charge on any atom is -0.404 e. The third-order valence-electron chi connectivity index (χ3n) is 3.34. The minimum atomic E-state index is -4.81. The quantitative estimate of drug-likeness (QED) is 0.641. The summed E-state index contributed by atoms with van der Waals surface area (Å²) in [5, 5.41) is 5.66. The van der Waals surface area contributed by atoms with E-state index in [1.807, 2.05) is 6.07 Å². The lowest BCUT2D eigenvalue weighted by Gasteiger charge is -2.13. The van der Waals surface area contributed by atoms with Gasteiger partial charge in [-0.3, -0.25) is 4.98 Å². The normalized spacial score (nSPS) is 11.1. The second-order valence-electron chi connectivity index (χ2n) is 5.27. The van der Waals surface area contributed by atoms with Crippen molar-refractivity contribution >= 4 is 29.1 Å². The Hall–Kier alpha value is -3.07. The number of nitrogens with zero attached hydrogens (tertiary/aromatic N) is 3. The van der Waals surface area contributed by atoms with Gasteiger partial charge in [-0.1, -0.05) is 11.6 Å². The van der Waals surface area contributed by atoms with Gasteiger partial charge in [0.05, 0.1) is 10.7 Å². The molecule has 0 spiro atoms. The molecule has 27 heavy (non-hydrogen) atoms. The van der Waals surface area contributed by atoms with Crippen molar-refractivity contribution in [1.29, 1.82) is 0 Å². The van der Waals surface area contributed by atoms with Gasteiger partial charge in [0.25, 0.3) is 0 Å². The molecule has 2 heterocycles. The van der Waals surface area contributed by atoms with Crippen LogP contribution in [0, 0.1) is 0 Å². The lowest BCUT2D eigenvalue weighted by molar-refractivity contribution is -0.274. The summed E-state index contributed by atoms with van der Waals surface area (Å²) in [6.45, 7) is 0. The summed E-state index contributed by atoms with van der Waals surface area (Å²) in [6, 6.07) is 9.15. The topological polar surface area (TPSA) is 72.0 Å². The molecule has 0 fully saturated rings. The monoisotopic (exact) mass is 395 g/mol. The standard InChI is InChI=1S/C17H13ClF3N5O/c1-22-16-25-13(10-3-2-6-23-9-10)8-15(26-16)24-11-4-5-14(12(18)7-11)27-17(19,20)21/h2-9H,1H3,(H2,22,24,25,26). The number of benzene rings is 1. The van der Waals surface area contributed by atoms with Crippen molar-refractivity contribution in [2.75, 3.05) is 17.7 Å². The first kappa shape index (κ1) is 18.7. The third-order valence-corrected chi connectivity index (χ3v) is 3.63. The van der Waals surface area contributed by atoms with Crippen LogP contribution in [0.5, 0.6) is 5.75 Å². The Kier molecular flexibility index (Phi) is 5.31. The first-order chi connectivity index (χ1) is 12.8. The van der Waals surface area contributed by atoms with E-state index in [1.54, 1.807) is 31.6 Å². The van der Waals surface area contributed by atoms with Crippen LogP contribution in [0.15, 0.2) is 48.8 Å². The van der Waals surface area contributed by atoms with Crippen LogP contribution >= 0.6 is 11.6 Å². The van der Waals surface area contributed by atoms with Crippen LogP contribution in [0.3, 0.4) is 0 Å². The van der Waals surface area contributed by atoms with Crippen LogP contribution < -0.4 is 15.4 Å². The maximum absolute atomic E-state index is 12.3. The first-order valence-electron chi connectivity index (χ1n) is 7.63. The molecule has 0 aliphatic rings. The number of rotatable bonds is 5. The molecule has 6 nitrogen and oxygen atoms in total. The highest BCUT2D eigenvalue weighted by molar-refractivity contribution is 6.32. The van der Waals surface area contributed by atoms with Crippen molar-refractivity contribution in [2.24, 2.45) is 0 Å². The van der Waals surface area contributed by atoms with Gasteiger partial charge in [0.15, 0.2) is 0 Å². The maximum Gasteiger partial charge on any atom is 0.573 e. The highest BCUT2D eigenvalue weighted by atomic mass is 35.5. The predicted molar refractivity (Wildman–Crippen MR) is 96.2 cm³/mol. The zero-order chi connectivity index (χ0) is 19.4. The summed E-state index contributed by atoms with van der Waals surface area (Å²) in [6.07, 6.45) is -1.51. The van der Waals surface area contributed by atoms with Crippen LogP contribution in [0.1, 0.15) is 0 Å². The van der Waals surface area contributed by atoms with E-state index in [1.165, 1.54) is 12.1 Å². The summed E-state index contributed by atoms with van der Waals surface area (Å²) < 4.78 is 40.8. The Morgan fingerprint density at radius 1 is 1.11 bits per heavy atom. The Balaban J connectivity index is 1.88. The molecule has 0 bridgehead atoms. The Labute approximate surface area is 157 Å². The fourth-order valence-electron chi connectivity index (χ4n) is 2.22. The lowest BCUT2D eigenvalue weighted by atomic mass is 10.2. The molecule has 3 aromatic rings. The molecular weight excluding hydrogens is 383 g/mol. The van der Waals surface area contributed by atoms with Crippen LogP contribution in [-0.2, 0) is 0 Å². The summed E-state index contributed by atoms with van der Waals surface area (Å²) in [5.74, 6) is 0.306. The van der Waals surface area contributed by atoms with E-state index in [4.69, 9.17) is 11.6 Å². The van der Waals surface area contributed by atoms with Crippen molar-refractivity contribution < 1.29 is 17.9 Å². The molecule has 0 aliphatic carbocycles. The molecule has 140 valence electrons. The fourth-order valence-corrected chi connectivity index (χ4v) is 2.44. The number of pyridine rings is 1. The van der Waals surface area contributed by atoms with Gasteiger partial charge < -0.3 is 15.4 Å². The van der Waals surface area contributed by atoms with E-state index < -0.39 is 12.1 Å². The molecule has 10 heteroatoms. The molecule has 2 N–H and O–H groups in total. The van der Waals surface area contributed by atoms with Crippen LogP contribution in [-0.4, -0.2) is 28.4 Å². The summed E-state index contributed by atoms with van der Waals surface area (Å²) in [7, 11) is 1.67. The van der Waals surface area contributed by atoms with Crippen molar-refractivity contribution in [3.63, 3.8) is 0 Å². The molecule has 3 rings (SSSR count). The highest BCUT2D eigenvalue weighted by Crippen LogP contribution is 2.33. The molecule has 1 aromatic carbocycles. The summed E-state index contributed by atoms with van der Waals surface area (Å²) >= 11 is 5.87. The Morgan fingerprint density at radius 3 is 2.56 bits per heavy atom. The first-order valence-corrected chi connectivity index (χ1v) is 8.01. The van der Waals surface area contributed by atoms with Crippen LogP contribution in [0.2, 0.25) is 5.02 Å². The van der Waals surface area contributed by atoms with Gasteiger partial charge in [-0.2, -0.15) is 4.98 Å². The number of anilines is 3. The molecule has 2 aromatic heterocycles. The second-order valence-corrected chi connectivity index (χ2v) is 5.68. The maximum atomic E-state index is 12.3. The molecule has 0 unspecified atom stereocenters. The highest BCUT2D eigenvalue weighted by Gasteiger charge is 2.32. The zero-order valence-electron chi connectivity index (χ0n) is 13.9. The average Bonchev–Trinajstić information content (AvgIpc) is 2.63. The molecule has 0 saturated carbocycles. The molecule has 0 atom stereocenters. The van der Waals surface area contributed by atoms with Gasteiger partial charge in [-0.25, -0.2) is 4.98 Å². The van der Waals surface area contributed by atoms with Gasteiger partial charge in [0, 0.05) is 36.8 Å². The van der Waals surface area contributed by atoms with Gasteiger partial charge in [0.2, 0.25) is 5.95 Å². The van der Waals surface area contributed by atoms with E-state index in [2.05, 4.69) is 30.3 Å². The van der Waals surface area contributed by atoms with Crippen molar-refractivity contribution in [3.8, 4) is 17.0 Å². The minimum absolute atomic E-state index is 0.187. The SMILES string of the molecule is CNc1nc(Nc2ccc(OC(F)(F)F)c(Cl)c2)cc(-c2cccnc2)n1. The van der Waals surface area contributed by atoms with Crippen molar-refractivity contribution in [3.05, 3.63) is 53.8 Å². The Bertz CT molecular complexity index is 938. The van der Waals surface area contributed by atoms with E-state index in [0.29, 0.717) is 23.1 Å². The number of halogens is 4. The summed E-state index contributed by atoms with van der Waals surface area (Å²) in [5.41, 5.74) is 1.84. The van der Waals surface area contributed by atoms with E-state index in [9.17, 15) is 13.2 Å². The number of nitrogens with one attached hydrogen (secondary N) is 2. The van der Waals surface area contributed by atoms with Crippen molar-refractivity contribution in [2.45, 2.75) is 6.36 Å². The largest absolute Gasteiger partial charge is 0.573 e. The van der Waals surface area contributed by atoms with Crippen LogP contribution in [0.4, 0.5) is 30.6 Å². The third kappa shape index (κ3) is 4.98. The second kappa shape index (κ2) is 7.67. The zero-order valence-corrected chi connectivity index (χ0v) is 14.6. The molecule has 0 radical (unpaired) electrons. The smallest absolute Gasteiger partial charge is 0.404 e. The number of aromatic nitrogens is 3.